The maximum atomic E-state index is 14.1. The molecule has 0 bridgehead atoms. The lowest BCUT2D eigenvalue weighted by atomic mass is 10.2. The largest absolute Gasteiger partial charge is 0.392 e. The van der Waals surface area contributed by atoms with E-state index in [4.69, 9.17) is 5.11 Å². The quantitative estimate of drug-likeness (QED) is 0.752. The van der Waals surface area contributed by atoms with Crippen LogP contribution in [0.2, 0.25) is 0 Å². The molecule has 0 amide bonds. The molecule has 0 saturated heterocycles. The van der Waals surface area contributed by atoms with Crippen molar-refractivity contribution in [3.05, 3.63) is 28.0 Å². The summed E-state index contributed by atoms with van der Waals surface area (Å²) in [6, 6.07) is 2.22. The van der Waals surface area contributed by atoms with Crippen LogP contribution in [0.5, 0.6) is 0 Å². The molecule has 0 aromatic heterocycles. The molecule has 21 heavy (non-hydrogen) atoms. The summed E-state index contributed by atoms with van der Waals surface area (Å²) in [7, 11) is -0.195. The van der Waals surface area contributed by atoms with Crippen LogP contribution < -0.4 is 4.72 Å². The fourth-order valence-corrected chi connectivity index (χ4v) is 3.85. The molecule has 1 aromatic carbocycles. The second-order valence-corrected chi connectivity index (χ2v) is 7.75. The first-order valence-corrected chi connectivity index (χ1v) is 8.71. The number of halogens is 2. The van der Waals surface area contributed by atoms with E-state index in [0.29, 0.717) is 17.4 Å². The minimum absolute atomic E-state index is 0.0642. The van der Waals surface area contributed by atoms with Gasteiger partial charge < -0.3 is 10.0 Å². The molecule has 0 aliphatic carbocycles. The molecule has 0 spiro atoms. The normalized spacial score (nSPS) is 13.7. The van der Waals surface area contributed by atoms with Crippen molar-refractivity contribution in [1.82, 2.24) is 9.62 Å². The van der Waals surface area contributed by atoms with Gasteiger partial charge in [0.2, 0.25) is 10.0 Å². The number of benzene rings is 1. The Bertz CT molecular complexity index is 593. The van der Waals surface area contributed by atoms with Crippen LogP contribution in [0.4, 0.5) is 4.39 Å². The van der Waals surface area contributed by atoms with Crippen LogP contribution in [-0.4, -0.2) is 45.1 Å². The first-order chi connectivity index (χ1) is 9.67. The molecule has 1 rings (SSSR count). The lowest BCUT2D eigenvalue weighted by molar-refractivity contribution is 0.274. The fraction of sp³-hybridized carbons (Fsp3) is 0.538. The highest BCUT2D eigenvalue weighted by molar-refractivity contribution is 9.10. The van der Waals surface area contributed by atoms with Gasteiger partial charge in [-0.05, 0) is 46.1 Å². The molecule has 0 aliphatic heterocycles. The van der Waals surface area contributed by atoms with Gasteiger partial charge in [0.25, 0.3) is 0 Å². The molecule has 1 aromatic rings. The molecular formula is C13H20BrFN2O3S. The molecule has 0 fully saturated rings. The zero-order valence-corrected chi connectivity index (χ0v) is 14.6. The van der Waals surface area contributed by atoms with E-state index in [0.717, 1.165) is 0 Å². The molecular weight excluding hydrogens is 363 g/mol. The van der Waals surface area contributed by atoms with E-state index in [-0.39, 0.29) is 11.6 Å². The Labute approximate surface area is 133 Å². The minimum atomic E-state index is -3.98. The molecule has 0 saturated carbocycles. The van der Waals surface area contributed by atoms with Crippen molar-refractivity contribution < 1.29 is 17.9 Å². The third kappa shape index (κ3) is 5.30. The molecule has 0 radical (unpaired) electrons. The van der Waals surface area contributed by atoms with Crippen LogP contribution in [0, 0.1) is 5.82 Å². The Balaban J connectivity index is 3.00. The maximum Gasteiger partial charge on any atom is 0.243 e. The Morgan fingerprint density at radius 3 is 2.57 bits per heavy atom. The Morgan fingerprint density at radius 1 is 1.43 bits per heavy atom. The lowest BCUT2D eigenvalue weighted by Crippen LogP contribution is -2.35. The number of aliphatic hydroxyl groups is 1. The van der Waals surface area contributed by atoms with Crippen molar-refractivity contribution in [2.75, 3.05) is 20.6 Å². The number of nitrogens with zero attached hydrogens (tertiary/aromatic N) is 1. The van der Waals surface area contributed by atoms with Crippen molar-refractivity contribution >= 4 is 26.0 Å². The van der Waals surface area contributed by atoms with Crippen molar-refractivity contribution in [3.63, 3.8) is 0 Å². The van der Waals surface area contributed by atoms with Gasteiger partial charge in [-0.2, -0.15) is 0 Å². The van der Waals surface area contributed by atoms with Gasteiger partial charge in [-0.3, -0.25) is 0 Å². The van der Waals surface area contributed by atoms with E-state index in [9.17, 15) is 12.8 Å². The Morgan fingerprint density at radius 2 is 2.05 bits per heavy atom. The molecule has 8 heteroatoms. The minimum Gasteiger partial charge on any atom is -0.392 e. The van der Waals surface area contributed by atoms with E-state index in [1.54, 1.807) is 6.92 Å². The number of hydrogen-bond donors (Lipinski definition) is 2. The molecule has 0 heterocycles. The predicted molar refractivity (Wildman–Crippen MR) is 83.0 cm³/mol. The zero-order valence-electron chi connectivity index (χ0n) is 12.2. The fourth-order valence-electron chi connectivity index (χ4n) is 1.77. The number of aliphatic hydroxyl groups excluding tert-OH is 1. The topological polar surface area (TPSA) is 69.6 Å². The van der Waals surface area contributed by atoms with Gasteiger partial charge in [0, 0.05) is 16.1 Å². The van der Waals surface area contributed by atoms with Crippen LogP contribution in [0.25, 0.3) is 0 Å². The predicted octanol–water partition coefficient (Wildman–Crippen LogP) is 1.70. The first kappa shape index (κ1) is 18.5. The summed E-state index contributed by atoms with van der Waals surface area (Å²) in [5.41, 5.74) is -0.0642. The summed E-state index contributed by atoms with van der Waals surface area (Å²) in [5.74, 6) is -0.923. The van der Waals surface area contributed by atoms with Crippen molar-refractivity contribution in [2.45, 2.75) is 30.9 Å². The van der Waals surface area contributed by atoms with E-state index in [1.807, 2.05) is 19.0 Å². The summed E-state index contributed by atoms with van der Waals surface area (Å²) in [6.07, 6.45) is 0.606. The molecule has 1 unspecified atom stereocenters. The summed E-state index contributed by atoms with van der Waals surface area (Å²) in [4.78, 5) is 1.48. The first-order valence-electron chi connectivity index (χ1n) is 6.43. The van der Waals surface area contributed by atoms with Gasteiger partial charge in [0.1, 0.15) is 10.7 Å². The summed E-state index contributed by atoms with van der Waals surface area (Å²) >= 11 is 3.12. The van der Waals surface area contributed by atoms with E-state index < -0.39 is 27.3 Å². The molecule has 120 valence electrons. The Kier molecular flexibility index (Phi) is 6.73. The van der Waals surface area contributed by atoms with E-state index >= 15 is 0 Å². The van der Waals surface area contributed by atoms with Gasteiger partial charge in [-0.1, -0.05) is 15.9 Å². The van der Waals surface area contributed by atoms with Gasteiger partial charge in [-0.15, -0.1) is 0 Å². The van der Waals surface area contributed by atoms with Gasteiger partial charge in [0.05, 0.1) is 6.61 Å². The number of rotatable bonds is 7. The standard InChI is InChI=1S/C13H20BrFN2O3S/c1-9(4-5-17(2)3)16-21(19,20)12-7-11(14)6-10(8-18)13(12)15/h6-7,9,16,18H,4-5,8H2,1-3H3. The van der Waals surface area contributed by atoms with E-state index in [1.165, 1.54) is 12.1 Å². The van der Waals surface area contributed by atoms with Gasteiger partial charge in [-0.25, -0.2) is 17.5 Å². The van der Waals surface area contributed by atoms with Crippen molar-refractivity contribution in [2.24, 2.45) is 0 Å². The summed E-state index contributed by atoms with van der Waals surface area (Å²) in [5, 5.41) is 9.08. The SMILES string of the molecule is CC(CCN(C)C)NS(=O)(=O)c1cc(Br)cc(CO)c1F. The van der Waals surface area contributed by atoms with Gasteiger partial charge in [0.15, 0.2) is 0 Å². The number of sulfonamides is 1. The monoisotopic (exact) mass is 382 g/mol. The molecule has 0 aliphatic rings. The van der Waals surface area contributed by atoms with E-state index in [2.05, 4.69) is 20.7 Å². The smallest absolute Gasteiger partial charge is 0.243 e. The Hall–Kier alpha value is -0.540. The number of nitrogens with one attached hydrogen (secondary N) is 1. The van der Waals surface area contributed by atoms with Crippen LogP contribution in [0.15, 0.2) is 21.5 Å². The molecule has 2 N–H and O–H groups in total. The second kappa shape index (κ2) is 7.64. The van der Waals surface area contributed by atoms with Crippen molar-refractivity contribution in [3.8, 4) is 0 Å². The van der Waals surface area contributed by atoms with Crippen LogP contribution >= 0.6 is 15.9 Å². The highest BCUT2D eigenvalue weighted by Crippen LogP contribution is 2.24. The van der Waals surface area contributed by atoms with Gasteiger partial charge >= 0.3 is 0 Å². The molecule has 5 nitrogen and oxygen atoms in total. The highest BCUT2D eigenvalue weighted by Gasteiger charge is 2.24. The van der Waals surface area contributed by atoms with Crippen molar-refractivity contribution in [1.29, 1.82) is 0 Å². The molecule has 1 atom stereocenters. The second-order valence-electron chi connectivity index (χ2n) is 5.15. The summed E-state index contributed by atoms with van der Waals surface area (Å²) in [6.45, 7) is 1.88. The lowest BCUT2D eigenvalue weighted by Gasteiger charge is -2.17. The highest BCUT2D eigenvalue weighted by atomic mass is 79.9. The average molecular weight is 383 g/mol. The third-order valence-electron chi connectivity index (χ3n) is 2.90. The third-order valence-corrected chi connectivity index (χ3v) is 4.95. The van der Waals surface area contributed by atoms with Crippen LogP contribution in [0.1, 0.15) is 18.9 Å². The number of hydrogen-bond acceptors (Lipinski definition) is 4. The maximum absolute atomic E-state index is 14.1. The van der Waals surface area contributed by atoms with Crippen LogP contribution in [0.3, 0.4) is 0 Å². The summed E-state index contributed by atoms with van der Waals surface area (Å²) < 4.78 is 41.5. The zero-order chi connectivity index (χ0) is 16.2. The van der Waals surface area contributed by atoms with Crippen LogP contribution in [-0.2, 0) is 16.6 Å². The average Bonchev–Trinajstić information content (AvgIpc) is 2.38.